The number of aliphatic carboxylic acids is 1. The third-order valence-corrected chi connectivity index (χ3v) is 6.99. The first-order chi connectivity index (χ1) is 13.9. The Morgan fingerprint density at radius 1 is 1.10 bits per heavy atom. The van der Waals surface area contributed by atoms with E-state index < -0.39 is 16.0 Å². The minimum absolute atomic E-state index is 0.168. The van der Waals surface area contributed by atoms with Crippen molar-refractivity contribution < 1.29 is 18.3 Å². The van der Waals surface area contributed by atoms with Gasteiger partial charge in [0.2, 0.25) is 10.0 Å². The van der Waals surface area contributed by atoms with Crippen LogP contribution in [-0.2, 0) is 14.8 Å². The Balaban J connectivity index is 1.46. The van der Waals surface area contributed by atoms with Gasteiger partial charge in [0.05, 0.1) is 21.8 Å². The first kappa shape index (κ1) is 19.6. The molecular weight excluding hydrogens is 390 g/mol. The van der Waals surface area contributed by atoms with Crippen LogP contribution in [0, 0.1) is 11.8 Å². The van der Waals surface area contributed by atoms with Crippen molar-refractivity contribution in [2.75, 3.05) is 6.54 Å². The standard InChI is InChI=1S/C21H23N3O4S/c25-21(26)16-8-6-14(7-9-16)13-22-29(27,28)17-10-11-18-19(12-17)24-20(23-18)15-4-2-1-3-5-15/h1-5,10-12,14,16,22H,6-9,13H2,(H,23,24)(H,25,26). The topological polar surface area (TPSA) is 112 Å². The number of nitrogens with one attached hydrogen (secondary N) is 2. The molecule has 0 atom stereocenters. The summed E-state index contributed by atoms with van der Waals surface area (Å²) >= 11 is 0. The van der Waals surface area contributed by atoms with Crippen LogP contribution in [0.2, 0.25) is 0 Å². The fraction of sp³-hybridized carbons (Fsp3) is 0.333. The lowest BCUT2D eigenvalue weighted by atomic mass is 9.82. The van der Waals surface area contributed by atoms with E-state index in [4.69, 9.17) is 5.11 Å². The van der Waals surface area contributed by atoms with E-state index in [0.717, 1.165) is 18.4 Å². The highest BCUT2D eigenvalue weighted by Crippen LogP contribution is 2.29. The third kappa shape index (κ3) is 4.33. The Bertz CT molecular complexity index is 1120. The van der Waals surface area contributed by atoms with Crippen LogP contribution >= 0.6 is 0 Å². The number of carboxylic acids is 1. The molecule has 0 aliphatic heterocycles. The fourth-order valence-electron chi connectivity index (χ4n) is 3.81. The Morgan fingerprint density at radius 2 is 1.83 bits per heavy atom. The fourth-order valence-corrected chi connectivity index (χ4v) is 4.96. The number of sulfonamides is 1. The molecule has 7 nitrogen and oxygen atoms in total. The lowest BCUT2D eigenvalue weighted by molar-refractivity contribution is -0.143. The summed E-state index contributed by atoms with van der Waals surface area (Å²) in [6.45, 7) is 0.324. The average molecular weight is 413 g/mol. The van der Waals surface area contributed by atoms with Gasteiger partial charge in [0.25, 0.3) is 0 Å². The highest BCUT2D eigenvalue weighted by molar-refractivity contribution is 7.89. The van der Waals surface area contributed by atoms with Crippen molar-refractivity contribution in [1.82, 2.24) is 14.7 Å². The van der Waals surface area contributed by atoms with Crippen molar-refractivity contribution in [2.24, 2.45) is 11.8 Å². The number of imidazole rings is 1. The van der Waals surface area contributed by atoms with Gasteiger partial charge in [-0.1, -0.05) is 30.3 Å². The highest BCUT2D eigenvalue weighted by atomic mass is 32.2. The maximum atomic E-state index is 12.7. The summed E-state index contributed by atoms with van der Waals surface area (Å²) in [7, 11) is -3.65. The number of carboxylic acid groups (broad SMARTS) is 1. The SMILES string of the molecule is O=C(O)C1CCC(CNS(=O)(=O)c2ccc3nc(-c4ccccc4)[nH]c3c2)CC1. The molecule has 152 valence electrons. The molecule has 1 heterocycles. The second kappa shape index (κ2) is 7.96. The van der Waals surface area contributed by atoms with Crippen LogP contribution < -0.4 is 4.72 Å². The number of H-pyrrole nitrogens is 1. The molecule has 0 amide bonds. The van der Waals surface area contributed by atoms with Gasteiger partial charge in [0.1, 0.15) is 5.82 Å². The van der Waals surface area contributed by atoms with E-state index in [1.54, 1.807) is 18.2 Å². The molecule has 0 unspecified atom stereocenters. The van der Waals surface area contributed by atoms with Gasteiger partial charge < -0.3 is 10.1 Å². The summed E-state index contributed by atoms with van der Waals surface area (Å²) in [5.41, 5.74) is 2.30. The number of nitrogens with zero attached hydrogens (tertiary/aromatic N) is 1. The number of fused-ring (bicyclic) bond motifs is 1. The molecule has 2 aromatic carbocycles. The summed E-state index contributed by atoms with van der Waals surface area (Å²) in [5, 5.41) is 9.07. The number of benzene rings is 2. The van der Waals surface area contributed by atoms with E-state index >= 15 is 0 Å². The van der Waals surface area contributed by atoms with Crippen molar-refractivity contribution >= 4 is 27.0 Å². The Morgan fingerprint density at radius 3 is 2.52 bits per heavy atom. The molecule has 1 aliphatic rings. The quantitative estimate of drug-likeness (QED) is 0.573. The highest BCUT2D eigenvalue weighted by Gasteiger charge is 2.27. The largest absolute Gasteiger partial charge is 0.481 e. The molecule has 3 N–H and O–H groups in total. The van der Waals surface area contributed by atoms with Gasteiger partial charge in [0, 0.05) is 12.1 Å². The zero-order valence-corrected chi connectivity index (χ0v) is 16.7. The first-order valence-corrected chi connectivity index (χ1v) is 11.2. The van der Waals surface area contributed by atoms with Crippen molar-refractivity contribution in [3.63, 3.8) is 0 Å². The van der Waals surface area contributed by atoms with Crippen LogP contribution in [0.25, 0.3) is 22.4 Å². The lowest BCUT2D eigenvalue weighted by Gasteiger charge is -2.26. The van der Waals surface area contributed by atoms with E-state index in [0.29, 0.717) is 36.2 Å². The third-order valence-electron chi connectivity index (χ3n) is 5.57. The van der Waals surface area contributed by atoms with Crippen LogP contribution in [0.3, 0.4) is 0 Å². The molecule has 1 saturated carbocycles. The second-order valence-electron chi connectivity index (χ2n) is 7.54. The molecule has 1 fully saturated rings. The normalized spacial score (nSPS) is 20.0. The smallest absolute Gasteiger partial charge is 0.306 e. The van der Waals surface area contributed by atoms with E-state index in [1.807, 2.05) is 30.3 Å². The second-order valence-corrected chi connectivity index (χ2v) is 9.31. The molecule has 4 rings (SSSR count). The monoisotopic (exact) mass is 413 g/mol. The van der Waals surface area contributed by atoms with Gasteiger partial charge in [-0.25, -0.2) is 18.1 Å². The predicted molar refractivity (Wildman–Crippen MR) is 110 cm³/mol. The molecule has 0 bridgehead atoms. The van der Waals surface area contributed by atoms with Crippen molar-refractivity contribution in [3.8, 4) is 11.4 Å². The minimum Gasteiger partial charge on any atom is -0.481 e. The molecule has 0 radical (unpaired) electrons. The summed E-state index contributed by atoms with van der Waals surface area (Å²) in [6, 6.07) is 14.5. The van der Waals surface area contributed by atoms with Gasteiger partial charge in [-0.2, -0.15) is 0 Å². The van der Waals surface area contributed by atoms with Crippen LogP contribution in [-0.4, -0.2) is 36.0 Å². The molecule has 1 aliphatic carbocycles. The van der Waals surface area contributed by atoms with E-state index in [1.165, 1.54) is 0 Å². The van der Waals surface area contributed by atoms with Crippen molar-refractivity contribution in [2.45, 2.75) is 30.6 Å². The number of hydrogen-bond donors (Lipinski definition) is 3. The van der Waals surface area contributed by atoms with Gasteiger partial charge in [-0.05, 0) is 49.8 Å². The number of carbonyl (C=O) groups is 1. The average Bonchev–Trinajstić information content (AvgIpc) is 3.17. The Kier molecular flexibility index (Phi) is 5.38. The van der Waals surface area contributed by atoms with E-state index in [-0.39, 0.29) is 16.7 Å². The van der Waals surface area contributed by atoms with Crippen LogP contribution in [0.1, 0.15) is 25.7 Å². The maximum Gasteiger partial charge on any atom is 0.306 e. The van der Waals surface area contributed by atoms with Crippen molar-refractivity contribution in [1.29, 1.82) is 0 Å². The molecule has 8 heteroatoms. The van der Waals surface area contributed by atoms with Gasteiger partial charge in [-0.3, -0.25) is 4.79 Å². The lowest BCUT2D eigenvalue weighted by Crippen LogP contribution is -2.32. The number of hydrogen-bond acceptors (Lipinski definition) is 4. The summed E-state index contributed by atoms with van der Waals surface area (Å²) in [6.07, 6.45) is 2.65. The molecular formula is C21H23N3O4S. The molecule has 1 aromatic heterocycles. The Labute approximate surface area is 169 Å². The molecule has 3 aromatic rings. The predicted octanol–water partition coefficient (Wildman–Crippen LogP) is 3.40. The zero-order valence-electron chi connectivity index (χ0n) is 15.8. The van der Waals surface area contributed by atoms with Crippen molar-refractivity contribution in [3.05, 3.63) is 48.5 Å². The van der Waals surface area contributed by atoms with Gasteiger partial charge in [0.15, 0.2) is 0 Å². The van der Waals surface area contributed by atoms with Crippen LogP contribution in [0.5, 0.6) is 0 Å². The minimum atomic E-state index is -3.65. The van der Waals surface area contributed by atoms with Gasteiger partial charge in [-0.15, -0.1) is 0 Å². The van der Waals surface area contributed by atoms with E-state index in [9.17, 15) is 13.2 Å². The molecule has 0 saturated heterocycles. The molecule has 29 heavy (non-hydrogen) atoms. The number of aromatic nitrogens is 2. The number of aromatic amines is 1. The maximum absolute atomic E-state index is 12.7. The summed E-state index contributed by atoms with van der Waals surface area (Å²) in [4.78, 5) is 18.9. The molecule has 0 spiro atoms. The van der Waals surface area contributed by atoms with Gasteiger partial charge >= 0.3 is 5.97 Å². The summed E-state index contributed by atoms with van der Waals surface area (Å²) < 4.78 is 28.1. The Hall–Kier alpha value is -2.71. The van der Waals surface area contributed by atoms with E-state index in [2.05, 4.69) is 14.7 Å². The number of rotatable bonds is 6. The zero-order chi connectivity index (χ0) is 20.4. The first-order valence-electron chi connectivity index (χ1n) is 9.70. The van der Waals surface area contributed by atoms with Crippen LogP contribution in [0.15, 0.2) is 53.4 Å². The van der Waals surface area contributed by atoms with Crippen LogP contribution in [0.4, 0.5) is 0 Å². The summed E-state index contributed by atoms with van der Waals surface area (Å²) in [5.74, 6) is -0.199.